The van der Waals surface area contributed by atoms with E-state index in [1.54, 1.807) is 38.1 Å². The van der Waals surface area contributed by atoms with Gasteiger partial charge in [-0.1, -0.05) is 17.7 Å². The average molecular weight is 347 g/mol. The number of carbonyl (C=O) groups excluding carboxylic acids is 2. The summed E-state index contributed by atoms with van der Waals surface area (Å²) in [7, 11) is 0. The van der Waals surface area contributed by atoms with Crippen LogP contribution in [-0.4, -0.2) is 18.4 Å². The molecule has 6 heteroatoms. The van der Waals surface area contributed by atoms with E-state index in [0.29, 0.717) is 16.4 Å². The first-order valence-electron chi connectivity index (χ1n) is 7.46. The lowest BCUT2D eigenvalue weighted by Crippen LogP contribution is -2.40. The molecular formula is C18H16ClFN2O2. The van der Waals surface area contributed by atoms with Crippen LogP contribution in [0.15, 0.2) is 42.5 Å². The predicted octanol–water partition coefficient (Wildman–Crippen LogP) is 3.74. The van der Waals surface area contributed by atoms with Gasteiger partial charge in [0.2, 0.25) is 11.8 Å². The quantitative estimate of drug-likeness (QED) is 0.920. The van der Waals surface area contributed by atoms with Gasteiger partial charge in [-0.2, -0.15) is 0 Å². The third kappa shape index (κ3) is 2.87. The molecule has 1 N–H and O–H groups in total. The minimum atomic E-state index is -0.751. The minimum absolute atomic E-state index is 0.145. The second-order valence-corrected chi connectivity index (χ2v) is 6.67. The summed E-state index contributed by atoms with van der Waals surface area (Å²) >= 11 is 6.03. The number of halogens is 2. The van der Waals surface area contributed by atoms with Gasteiger partial charge in [-0.15, -0.1) is 0 Å². The van der Waals surface area contributed by atoms with Crippen LogP contribution in [0.25, 0.3) is 0 Å². The lowest BCUT2D eigenvalue weighted by Gasteiger charge is -2.20. The van der Waals surface area contributed by atoms with Crippen LogP contribution in [-0.2, 0) is 15.0 Å². The number of amides is 2. The van der Waals surface area contributed by atoms with Crippen molar-refractivity contribution in [2.24, 2.45) is 0 Å². The van der Waals surface area contributed by atoms with Crippen LogP contribution in [0.3, 0.4) is 0 Å². The van der Waals surface area contributed by atoms with Crippen molar-refractivity contribution in [2.45, 2.75) is 19.3 Å². The van der Waals surface area contributed by atoms with Crippen molar-refractivity contribution < 1.29 is 14.0 Å². The largest absolute Gasteiger partial charge is 0.324 e. The second kappa shape index (κ2) is 5.91. The number of hydrogen-bond donors (Lipinski definition) is 1. The first-order valence-corrected chi connectivity index (χ1v) is 7.84. The Labute approximate surface area is 144 Å². The molecule has 3 rings (SSSR count). The highest BCUT2D eigenvalue weighted by molar-refractivity contribution is 6.31. The molecule has 0 bridgehead atoms. The molecule has 0 spiro atoms. The third-order valence-electron chi connectivity index (χ3n) is 4.11. The van der Waals surface area contributed by atoms with Crippen LogP contribution in [0.1, 0.15) is 19.4 Å². The summed E-state index contributed by atoms with van der Waals surface area (Å²) in [4.78, 5) is 26.4. The summed E-state index contributed by atoms with van der Waals surface area (Å²) < 4.78 is 13.2. The van der Waals surface area contributed by atoms with Gasteiger partial charge in [0, 0.05) is 16.4 Å². The van der Waals surface area contributed by atoms with Crippen molar-refractivity contribution in [3.05, 3.63) is 58.9 Å². The normalized spacial score (nSPS) is 15.3. The van der Waals surface area contributed by atoms with Gasteiger partial charge in [0.15, 0.2) is 0 Å². The van der Waals surface area contributed by atoms with E-state index in [-0.39, 0.29) is 12.5 Å². The molecule has 2 amide bonds. The molecule has 1 aliphatic rings. The molecule has 0 atom stereocenters. The Morgan fingerprint density at radius 2 is 2.00 bits per heavy atom. The number of anilines is 2. The van der Waals surface area contributed by atoms with E-state index in [2.05, 4.69) is 5.32 Å². The van der Waals surface area contributed by atoms with Gasteiger partial charge in [0.25, 0.3) is 0 Å². The van der Waals surface area contributed by atoms with Crippen molar-refractivity contribution in [3.63, 3.8) is 0 Å². The Bertz CT molecular complexity index is 836. The maximum Gasteiger partial charge on any atom is 0.244 e. The van der Waals surface area contributed by atoms with Crippen molar-refractivity contribution in [2.75, 3.05) is 16.8 Å². The molecule has 1 heterocycles. The number of nitrogens with one attached hydrogen (secondary N) is 1. The van der Waals surface area contributed by atoms with E-state index in [1.165, 1.54) is 23.1 Å². The zero-order valence-electron chi connectivity index (χ0n) is 13.3. The molecule has 24 heavy (non-hydrogen) atoms. The molecule has 0 aliphatic carbocycles. The minimum Gasteiger partial charge on any atom is -0.324 e. The monoisotopic (exact) mass is 346 g/mol. The van der Waals surface area contributed by atoms with Crippen LogP contribution in [0.4, 0.5) is 15.8 Å². The lowest BCUT2D eigenvalue weighted by atomic mass is 9.86. The molecule has 0 radical (unpaired) electrons. The summed E-state index contributed by atoms with van der Waals surface area (Å²) in [5.41, 5.74) is 1.06. The number of fused-ring (bicyclic) bond motifs is 1. The van der Waals surface area contributed by atoms with Gasteiger partial charge in [-0.3, -0.25) is 9.59 Å². The number of hydrogen-bond acceptors (Lipinski definition) is 2. The maximum absolute atomic E-state index is 13.2. The smallest absolute Gasteiger partial charge is 0.244 e. The topological polar surface area (TPSA) is 49.4 Å². The van der Waals surface area contributed by atoms with Gasteiger partial charge in [0.05, 0.1) is 5.41 Å². The summed E-state index contributed by atoms with van der Waals surface area (Å²) in [5, 5.41) is 3.14. The first-order chi connectivity index (χ1) is 11.3. The summed E-state index contributed by atoms with van der Waals surface area (Å²) in [6.07, 6.45) is 0. The van der Waals surface area contributed by atoms with Crippen molar-refractivity contribution in [1.29, 1.82) is 0 Å². The van der Waals surface area contributed by atoms with E-state index in [1.807, 2.05) is 0 Å². The summed E-state index contributed by atoms with van der Waals surface area (Å²) in [6.45, 7) is 3.46. The zero-order chi connectivity index (χ0) is 17.5. The Morgan fingerprint density at radius 3 is 2.71 bits per heavy atom. The fourth-order valence-electron chi connectivity index (χ4n) is 2.87. The van der Waals surface area contributed by atoms with Crippen LogP contribution in [0.5, 0.6) is 0 Å². The van der Waals surface area contributed by atoms with Crippen molar-refractivity contribution in [1.82, 2.24) is 0 Å². The van der Waals surface area contributed by atoms with Crippen LogP contribution < -0.4 is 10.2 Å². The van der Waals surface area contributed by atoms with Gasteiger partial charge < -0.3 is 10.2 Å². The van der Waals surface area contributed by atoms with E-state index in [0.717, 1.165) is 5.56 Å². The van der Waals surface area contributed by atoms with Crippen LogP contribution >= 0.6 is 11.6 Å². The number of benzene rings is 2. The van der Waals surface area contributed by atoms with Gasteiger partial charge in [0.1, 0.15) is 12.4 Å². The molecule has 124 valence electrons. The second-order valence-electron chi connectivity index (χ2n) is 6.24. The highest BCUT2D eigenvalue weighted by atomic mass is 35.5. The zero-order valence-corrected chi connectivity index (χ0v) is 14.0. The molecular weight excluding hydrogens is 331 g/mol. The van der Waals surface area contributed by atoms with Gasteiger partial charge in [-0.05, 0) is 55.8 Å². The van der Waals surface area contributed by atoms with Gasteiger partial charge >= 0.3 is 0 Å². The first kappa shape index (κ1) is 16.5. The predicted molar refractivity (Wildman–Crippen MR) is 91.9 cm³/mol. The lowest BCUT2D eigenvalue weighted by molar-refractivity contribution is -0.124. The SMILES string of the molecule is CC1(C)C(=O)N(CC(=O)Nc2cccc(F)c2)c2ccc(Cl)cc21. The fourth-order valence-corrected chi connectivity index (χ4v) is 3.05. The third-order valence-corrected chi connectivity index (χ3v) is 4.35. The van der Waals surface area contributed by atoms with Crippen LogP contribution in [0, 0.1) is 5.82 Å². The number of carbonyl (C=O) groups is 2. The number of rotatable bonds is 3. The standard InChI is InChI=1S/C18H16ClFN2O2/c1-18(2)14-8-11(19)6-7-15(14)22(17(18)24)10-16(23)21-13-5-3-4-12(20)9-13/h3-9H,10H2,1-2H3,(H,21,23). The Hall–Kier alpha value is -2.40. The molecule has 0 aromatic heterocycles. The van der Waals surface area contributed by atoms with Crippen LogP contribution in [0.2, 0.25) is 5.02 Å². The molecule has 0 fully saturated rings. The molecule has 1 aliphatic heterocycles. The molecule has 0 saturated carbocycles. The Balaban J connectivity index is 1.83. The molecule has 2 aromatic rings. The Morgan fingerprint density at radius 1 is 1.25 bits per heavy atom. The van der Waals surface area contributed by atoms with E-state index >= 15 is 0 Å². The summed E-state index contributed by atoms with van der Waals surface area (Å²) in [5.74, 6) is -1.01. The summed E-state index contributed by atoms with van der Waals surface area (Å²) in [6, 6.07) is 10.8. The fraction of sp³-hybridized carbons (Fsp3) is 0.222. The highest BCUT2D eigenvalue weighted by Gasteiger charge is 2.44. The average Bonchev–Trinajstić information content (AvgIpc) is 2.68. The Kier molecular flexibility index (Phi) is 4.05. The van der Waals surface area contributed by atoms with E-state index in [4.69, 9.17) is 11.6 Å². The van der Waals surface area contributed by atoms with Crippen molar-refractivity contribution in [3.8, 4) is 0 Å². The van der Waals surface area contributed by atoms with Gasteiger partial charge in [-0.25, -0.2) is 4.39 Å². The van der Waals surface area contributed by atoms with E-state index in [9.17, 15) is 14.0 Å². The molecule has 0 saturated heterocycles. The molecule has 0 unspecified atom stereocenters. The van der Waals surface area contributed by atoms with Crippen molar-refractivity contribution >= 4 is 34.8 Å². The number of nitrogens with zero attached hydrogens (tertiary/aromatic N) is 1. The molecule has 2 aromatic carbocycles. The molecule has 4 nitrogen and oxygen atoms in total. The maximum atomic E-state index is 13.2. The highest BCUT2D eigenvalue weighted by Crippen LogP contribution is 2.42. The van der Waals surface area contributed by atoms with E-state index < -0.39 is 17.1 Å².